The summed E-state index contributed by atoms with van der Waals surface area (Å²) in [6, 6.07) is 0. The lowest BCUT2D eigenvalue weighted by Crippen LogP contribution is -2.35. The Bertz CT molecular complexity index is 277. The van der Waals surface area contributed by atoms with Crippen LogP contribution in [0.2, 0.25) is 0 Å². The van der Waals surface area contributed by atoms with E-state index in [0.717, 1.165) is 25.2 Å². The van der Waals surface area contributed by atoms with Gasteiger partial charge in [-0.2, -0.15) is 0 Å². The molecule has 0 amide bonds. The van der Waals surface area contributed by atoms with Gasteiger partial charge >= 0.3 is 7.12 Å². The minimum absolute atomic E-state index is 0. The number of nitrogens with zero attached hydrogens (tertiary/aromatic N) is 2. The SMILES string of the molecule is Cl.OB(O)c1cnc2n1CCC2. The van der Waals surface area contributed by atoms with Crippen molar-refractivity contribution in [1.82, 2.24) is 9.55 Å². The van der Waals surface area contributed by atoms with Gasteiger partial charge in [-0.05, 0) is 6.42 Å². The second kappa shape index (κ2) is 3.47. The van der Waals surface area contributed by atoms with Gasteiger partial charge in [0.2, 0.25) is 0 Å². The van der Waals surface area contributed by atoms with Gasteiger partial charge in [-0.25, -0.2) is 4.98 Å². The van der Waals surface area contributed by atoms with Crippen molar-refractivity contribution < 1.29 is 10.0 Å². The number of halogens is 1. The topological polar surface area (TPSA) is 58.3 Å². The lowest BCUT2D eigenvalue weighted by atomic mass is 9.87. The van der Waals surface area contributed by atoms with Crippen LogP contribution in [0.3, 0.4) is 0 Å². The average Bonchev–Trinajstić information content (AvgIpc) is 2.41. The Morgan fingerprint density at radius 3 is 2.92 bits per heavy atom. The van der Waals surface area contributed by atoms with Crippen LogP contribution in [0.25, 0.3) is 0 Å². The highest BCUT2D eigenvalue weighted by Gasteiger charge is 2.22. The molecule has 0 radical (unpaired) electrons. The molecule has 0 unspecified atom stereocenters. The zero-order valence-corrected chi connectivity index (χ0v) is 7.29. The van der Waals surface area contributed by atoms with Crippen molar-refractivity contribution in [3.8, 4) is 0 Å². The Balaban J connectivity index is 0.000000720. The first-order valence-electron chi connectivity index (χ1n) is 3.69. The van der Waals surface area contributed by atoms with Crippen LogP contribution in [0.5, 0.6) is 0 Å². The van der Waals surface area contributed by atoms with Crippen LogP contribution in [-0.2, 0) is 13.0 Å². The Kier molecular flexibility index (Phi) is 2.77. The van der Waals surface area contributed by atoms with Crippen molar-refractivity contribution >= 4 is 25.1 Å². The van der Waals surface area contributed by atoms with E-state index in [1.165, 1.54) is 6.20 Å². The number of imidazole rings is 1. The molecular weight excluding hydrogens is 178 g/mol. The monoisotopic (exact) mass is 188 g/mol. The number of fused-ring (bicyclic) bond motifs is 1. The molecule has 1 aliphatic rings. The molecule has 1 aromatic rings. The van der Waals surface area contributed by atoms with Gasteiger partial charge in [0.05, 0.1) is 5.59 Å². The number of hydrogen-bond acceptors (Lipinski definition) is 3. The number of aryl methyl sites for hydroxylation is 1. The fourth-order valence-electron chi connectivity index (χ4n) is 1.49. The Labute approximate surface area is 76.8 Å². The third-order valence-electron chi connectivity index (χ3n) is 2.02. The van der Waals surface area contributed by atoms with E-state index in [0.29, 0.717) is 5.59 Å². The van der Waals surface area contributed by atoms with E-state index in [1.54, 1.807) is 0 Å². The van der Waals surface area contributed by atoms with E-state index in [9.17, 15) is 0 Å². The van der Waals surface area contributed by atoms with Crippen molar-refractivity contribution in [2.24, 2.45) is 0 Å². The fraction of sp³-hybridized carbons (Fsp3) is 0.500. The van der Waals surface area contributed by atoms with Crippen molar-refractivity contribution in [1.29, 1.82) is 0 Å². The molecule has 2 N–H and O–H groups in total. The zero-order chi connectivity index (χ0) is 7.84. The van der Waals surface area contributed by atoms with Gasteiger partial charge in [0, 0.05) is 19.2 Å². The second-order valence-electron chi connectivity index (χ2n) is 2.73. The quantitative estimate of drug-likeness (QED) is 0.552. The minimum atomic E-state index is -1.38. The highest BCUT2D eigenvalue weighted by atomic mass is 35.5. The predicted molar refractivity (Wildman–Crippen MR) is 47.6 cm³/mol. The van der Waals surface area contributed by atoms with E-state index < -0.39 is 7.12 Å². The lowest BCUT2D eigenvalue weighted by Gasteiger charge is -2.01. The summed E-state index contributed by atoms with van der Waals surface area (Å²) in [5.41, 5.74) is 0.512. The van der Waals surface area contributed by atoms with Crippen molar-refractivity contribution in [3.05, 3.63) is 12.0 Å². The van der Waals surface area contributed by atoms with E-state index in [2.05, 4.69) is 4.98 Å². The molecule has 0 bridgehead atoms. The molecule has 0 fully saturated rings. The number of aromatic nitrogens is 2. The Morgan fingerprint density at radius 1 is 1.50 bits per heavy atom. The van der Waals surface area contributed by atoms with E-state index in [1.807, 2.05) is 4.57 Å². The highest BCUT2D eigenvalue weighted by molar-refractivity contribution is 6.57. The molecule has 0 spiro atoms. The van der Waals surface area contributed by atoms with E-state index >= 15 is 0 Å². The van der Waals surface area contributed by atoms with Crippen LogP contribution in [0, 0.1) is 0 Å². The van der Waals surface area contributed by atoms with Gasteiger partial charge in [-0.1, -0.05) is 0 Å². The first kappa shape index (κ1) is 9.57. The normalized spacial score (nSPS) is 13.8. The molecule has 2 rings (SSSR count). The summed E-state index contributed by atoms with van der Waals surface area (Å²) < 4.78 is 1.87. The number of rotatable bonds is 1. The smallest absolute Gasteiger partial charge is 0.422 e. The van der Waals surface area contributed by atoms with Crippen LogP contribution in [-0.4, -0.2) is 26.7 Å². The van der Waals surface area contributed by atoms with Crippen molar-refractivity contribution in [2.45, 2.75) is 19.4 Å². The molecule has 66 valence electrons. The molecule has 0 atom stereocenters. The average molecular weight is 188 g/mol. The molecule has 12 heavy (non-hydrogen) atoms. The molecule has 0 aliphatic carbocycles. The molecule has 1 aromatic heterocycles. The maximum absolute atomic E-state index is 8.87. The highest BCUT2D eigenvalue weighted by Crippen LogP contribution is 2.09. The van der Waals surface area contributed by atoms with Crippen LogP contribution in [0.15, 0.2) is 6.20 Å². The van der Waals surface area contributed by atoms with Gasteiger partial charge in [-0.3, -0.25) is 0 Å². The summed E-state index contributed by atoms with van der Waals surface area (Å²) >= 11 is 0. The first-order chi connectivity index (χ1) is 5.29. The molecule has 2 heterocycles. The third kappa shape index (κ3) is 1.35. The van der Waals surface area contributed by atoms with Gasteiger partial charge in [0.1, 0.15) is 5.82 Å². The largest absolute Gasteiger partial charge is 0.507 e. The molecule has 1 aliphatic heterocycles. The van der Waals surface area contributed by atoms with Crippen molar-refractivity contribution in [2.75, 3.05) is 0 Å². The summed E-state index contributed by atoms with van der Waals surface area (Å²) in [4.78, 5) is 4.06. The third-order valence-corrected chi connectivity index (χ3v) is 2.02. The maximum atomic E-state index is 8.87. The zero-order valence-electron chi connectivity index (χ0n) is 6.47. The van der Waals surface area contributed by atoms with Crippen molar-refractivity contribution in [3.63, 3.8) is 0 Å². The maximum Gasteiger partial charge on any atom is 0.507 e. The molecule has 0 saturated heterocycles. The summed E-state index contributed by atoms with van der Waals surface area (Å²) in [5.74, 6) is 0.966. The van der Waals surface area contributed by atoms with Gasteiger partial charge in [0.15, 0.2) is 0 Å². The number of hydrogen-bond donors (Lipinski definition) is 2. The Morgan fingerprint density at radius 2 is 2.25 bits per heavy atom. The first-order valence-corrected chi connectivity index (χ1v) is 3.69. The molecule has 6 heteroatoms. The van der Waals surface area contributed by atoms with Gasteiger partial charge < -0.3 is 14.6 Å². The summed E-state index contributed by atoms with van der Waals surface area (Å²) in [6.45, 7) is 0.863. The summed E-state index contributed by atoms with van der Waals surface area (Å²) in [6.07, 6.45) is 3.54. The van der Waals surface area contributed by atoms with Crippen LogP contribution in [0.4, 0.5) is 0 Å². The Hall–Kier alpha value is -0.515. The minimum Gasteiger partial charge on any atom is -0.422 e. The molecule has 4 nitrogen and oxygen atoms in total. The van der Waals surface area contributed by atoms with Gasteiger partial charge in [-0.15, -0.1) is 12.4 Å². The lowest BCUT2D eigenvalue weighted by molar-refractivity contribution is 0.422. The van der Waals surface area contributed by atoms with Gasteiger partial charge in [0.25, 0.3) is 0 Å². The van der Waals surface area contributed by atoms with Crippen LogP contribution in [0.1, 0.15) is 12.2 Å². The molecule has 0 saturated carbocycles. The standard InChI is InChI=1S/C6H9BN2O2.ClH/c10-7(11)5-4-8-6-2-1-3-9(5)6;/h4,10-11H,1-3H2;1H. The van der Waals surface area contributed by atoms with Crippen LogP contribution >= 0.6 is 12.4 Å². The molecular formula is C6H10BClN2O2. The summed E-state index contributed by atoms with van der Waals surface area (Å²) in [5, 5.41) is 17.7. The fourth-order valence-corrected chi connectivity index (χ4v) is 1.49. The van der Waals surface area contributed by atoms with E-state index in [-0.39, 0.29) is 12.4 Å². The molecule has 0 aromatic carbocycles. The van der Waals surface area contributed by atoms with E-state index in [4.69, 9.17) is 10.0 Å². The van der Waals surface area contributed by atoms with Crippen LogP contribution < -0.4 is 5.59 Å². The predicted octanol–water partition coefficient (Wildman–Crippen LogP) is -1.07. The second-order valence-corrected chi connectivity index (χ2v) is 2.73. The summed E-state index contributed by atoms with van der Waals surface area (Å²) in [7, 11) is -1.38.